The van der Waals surface area contributed by atoms with Crippen molar-refractivity contribution in [2.45, 2.75) is 13.3 Å². The van der Waals surface area contributed by atoms with E-state index in [0.29, 0.717) is 11.6 Å². The molecule has 1 heterocycles. The van der Waals surface area contributed by atoms with Crippen LogP contribution in [0.1, 0.15) is 12.5 Å². The van der Waals surface area contributed by atoms with Crippen LogP contribution >= 0.6 is 11.6 Å². The van der Waals surface area contributed by atoms with E-state index in [0.717, 1.165) is 5.56 Å². The summed E-state index contributed by atoms with van der Waals surface area (Å²) in [5.74, 6) is -0.898. The number of aromatic nitrogens is 1. The molecule has 1 atom stereocenters. The molecule has 15 heavy (non-hydrogen) atoms. The summed E-state index contributed by atoms with van der Waals surface area (Å²) in [6, 6.07) is 3.41. The van der Waals surface area contributed by atoms with E-state index >= 15 is 0 Å². The van der Waals surface area contributed by atoms with Gasteiger partial charge in [-0.25, -0.2) is 4.98 Å². The first-order chi connectivity index (χ1) is 6.98. The summed E-state index contributed by atoms with van der Waals surface area (Å²) in [4.78, 5) is 14.9. The molecule has 0 radical (unpaired) electrons. The van der Waals surface area contributed by atoms with Crippen molar-refractivity contribution in [3.05, 3.63) is 41.7 Å². The number of rotatable bonds is 4. The second kappa shape index (κ2) is 4.45. The number of pyridine rings is 1. The topological polar surface area (TPSA) is 50.2 Å². The van der Waals surface area contributed by atoms with Gasteiger partial charge in [0, 0.05) is 6.20 Å². The third kappa shape index (κ3) is 2.80. The summed E-state index contributed by atoms with van der Waals surface area (Å²) in [7, 11) is 0. The maximum Gasteiger partial charge on any atom is 0.313 e. The Morgan fingerprint density at radius 1 is 1.80 bits per heavy atom. The highest BCUT2D eigenvalue weighted by molar-refractivity contribution is 6.29. The Bertz CT molecular complexity index is 392. The first-order valence-electron chi connectivity index (χ1n) is 4.45. The number of carboxylic acid groups (broad SMARTS) is 1. The molecule has 1 N–H and O–H groups in total. The van der Waals surface area contributed by atoms with Crippen LogP contribution in [-0.4, -0.2) is 16.1 Å². The molecular weight excluding hydrogens is 214 g/mol. The van der Waals surface area contributed by atoms with Crippen LogP contribution in [0.2, 0.25) is 5.15 Å². The SMILES string of the molecule is C=CC(C)(Cc1ccnc(Cl)c1)C(=O)O. The molecule has 0 aliphatic carbocycles. The van der Waals surface area contributed by atoms with E-state index < -0.39 is 11.4 Å². The van der Waals surface area contributed by atoms with Gasteiger partial charge in [-0.2, -0.15) is 0 Å². The van der Waals surface area contributed by atoms with Gasteiger partial charge in [-0.15, -0.1) is 6.58 Å². The van der Waals surface area contributed by atoms with E-state index in [1.165, 1.54) is 6.08 Å². The predicted octanol–water partition coefficient (Wildman–Crippen LogP) is 2.55. The Morgan fingerprint density at radius 2 is 2.47 bits per heavy atom. The first kappa shape index (κ1) is 11.7. The Kier molecular flexibility index (Phi) is 3.48. The van der Waals surface area contributed by atoms with E-state index in [-0.39, 0.29) is 0 Å². The van der Waals surface area contributed by atoms with E-state index in [1.54, 1.807) is 25.3 Å². The summed E-state index contributed by atoms with van der Waals surface area (Å²) >= 11 is 5.71. The smallest absolute Gasteiger partial charge is 0.313 e. The van der Waals surface area contributed by atoms with Crippen LogP contribution in [0.5, 0.6) is 0 Å². The molecule has 0 saturated heterocycles. The second-order valence-electron chi connectivity index (χ2n) is 3.59. The summed E-state index contributed by atoms with van der Waals surface area (Å²) < 4.78 is 0. The molecule has 1 unspecified atom stereocenters. The second-order valence-corrected chi connectivity index (χ2v) is 3.98. The lowest BCUT2D eigenvalue weighted by atomic mass is 9.84. The monoisotopic (exact) mass is 225 g/mol. The van der Waals surface area contributed by atoms with Crippen molar-refractivity contribution in [3.63, 3.8) is 0 Å². The van der Waals surface area contributed by atoms with Crippen LogP contribution in [-0.2, 0) is 11.2 Å². The standard InChI is InChI=1S/C11H12ClNO2/c1-3-11(2,10(14)15)7-8-4-5-13-9(12)6-8/h3-6H,1,7H2,2H3,(H,14,15). The minimum absolute atomic E-state index is 0.355. The number of carbonyl (C=O) groups is 1. The van der Waals surface area contributed by atoms with Crippen molar-refractivity contribution in [1.82, 2.24) is 4.98 Å². The molecule has 0 amide bonds. The maximum atomic E-state index is 11.0. The highest BCUT2D eigenvalue weighted by Crippen LogP contribution is 2.24. The van der Waals surface area contributed by atoms with Crippen molar-refractivity contribution in [2.24, 2.45) is 5.41 Å². The van der Waals surface area contributed by atoms with Gasteiger partial charge in [0.05, 0.1) is 5.41 Å². The van der Waals surface area contributed by atoms with Crippen LogP contribution in [0.25, 0.3) is 0 Å². The molecule has 0 bridgehead atoms. The van der Waals surface area contributed by atoms with E-state index in [4.69, 9.17) is 16.7 Å². The lowest BCUT2D eigenvalue weighted by Crippen LogP contribution is -2.27. The van der Waals surface area contributed by atoms with Crippen molar-refractivity contribution >= 4 is 17.6 Å². The Morgan fingerprint density at radius 3 is 2.93 bits per heavy atom. The molecule has 0 spiro atoms. The fourth-order valence-corrected chi connectivity index (χ4v) is 1.41. The Hall–Kier alpha value is -1.35. The van der Waals surface area contributed by atoms with Gasteiger partial charge < -0.3 is 5.11 Å². The predicted molar refractivity (Wildman–Crippen MR) is 58.9 cm³/mol. The van der Waals surface area contributed by atoms with Gasteiger partial charge in [0.1, 0.15) is 5.15 Å². The molecule has 1 aromatic rings. The first-order valence-corrected chi connectivity index (χ1v) is 4.83. The normalized spacial score (nSPS) is 14.3. The van der Waals surface area contributed by atoms with E-state index in [2.05, 4.69) is 11.6 Å². The molecule has 0 saturated carbocycles. The largest absolute Gasteiger partial charge is 0.481 e. The van der Waals surface area contributed by atoms with E-state index in [9.17, 15) is 4.79 Å². The number of nitrogens with zero attached hydrogens (tertiary/aromatic N) is 1. The molecule has 80 valence electrons. The molecule has 0 fully saturated rings. The minimum atomic E-state index is -0.968. The summed E-state index contributed by atoms with van der Waals surface area (Å²) in [5.41, 5.74) is -0.134. The third-order valence-corrected chi connectivity index (χ3v) is 2.51. The molecule has 1 aromatic heterocycles. The Balaban J connectivity index is 2.93. The highest BCUT2D eigenvalue weighted by atomic mass is 35.5. The fraction of sp³-hybridized carbons (Fsp3) is 0.273. The third-order valence-electron chi connectivity index (χ3n) is 2.30. The van der Waals surface area contributed by atoms with Crippen LogP contribution in [0, 0.1) is 5.41 Å². The maximum absolute atomic E-state index is 11.0. The van der Waals surface area contributed by atoms with Crippen LogP contribution in [0.4, 0.5) is 0 Å². The van der Waals surface area contributed by atoms with Gasteiger partial charge in [0.25, 0.3) is 0 Å². The lowest BCUT2D eigenvalue weighted by molar-refractivity contribution is -0.145. The van der Waals surface area contributed by atoms with Crippen LogP contribution in [0.3, 0.4) is 0 Å². The zero-order valence-electron chi connectivity index (χ0n) is 8.40. The summed E-state index contributed by atoms with van der Waals surface area (Å²) in [6.45, 7) is 5.16. The van der Waals surface area contributed by atoms with Gasteiger partial charge in [-0.05, 0) is 31.0 Å². The number of carboxylic acids is 1. The quantitative estimate of drug-likeness (QED) is 0.633. The molecule has 0 aliphatic rings. The van der Waals surface area contributed by atoms with E-state index in [1.807, 2.05) is 0 Å². The number of hydrogen-bond acceptors (Lipinski definition) is 2. The van der Waals surface area contributed by atoms with Gasteiger partial charge in [0.2, 0.25) is 0 Å². The van der Waals surface area contributed by atoms with Crippen molar-refractivity contribution < 1.29 is 9.90 Å². The Labute approximate surface area is 93.4 Å². The zero-order valence-corrected chi connectivity index (χ0v) is 9.16. The summed E-state index contributed by atoms with van der Waals surface area (Å²) in [5, 5.41) is 9.41. The van der Waals surface area contributed by atoms with Crippen molar-refractivity contribution in [3.8, 4) is 0 Å². The summed E-state index contributed by atoms with van der Waals surface area (Å²) in [6.07, 6.45) is 3.35. The van der Waals surface area contributed by atoms with Crippen LogP contribution < -0.4 is 0 Å². The van der Waals surface area contributed by atoms with Gasteiger partial charge in [-0.3, -0.25) is 4.79 Å². The fourth-order valence-electron chi connectivity index (χ4n) is 1.21. The molecular formula is C11H12ClNO2. The number of hydrogen-bond donors (Lipinski definition) is 1. The average molecular weight is 226 g/mol. The lowest BCUT2D eigenvalue weighted by Gasteiger charge is -2.20. The number of halogens is 1. The molecule has 1 rings (SSSR count). The molecule has 0 aliphatic heterocycles. The van der Waals surface area contributed by atoms with Crippen molar-refractivity contribution in [1.29, 1.82) is 0 Å². The van der Waals surface area contributed by atoms with Gasteiger partial charge in [0.15, 0.2) is 0 Å². The van der Waals surface area contributed by atoms with Gasteiger partial charge in [-0.1, -0.05) is 17.7 Å². The number of aliphatic carboxylic acids is 1. The van der Waals surface area contributed by atoms with Crippen molar-refractivity contribution in [2.75, 3.05) is 0 Å². The molecule has 3 nitrogen and oxygen atoms in total. The van der Waals surface area contributed by atoms with Gasteiger partial charge >= 0.3 is 5.97 Å². The molecule has 0 aromatic carbocycles. The average Bonchev–Trinajstić information content (AvgIpc) is 2.17. The molecule has 4 heteroatoms. The van der Waals surface area contributed by atoms with Crippen LogP contribution in [0.15, 0.2) is 31.0 Å². The highest BCUT2D eigenvalue weighted by Gasteiger charge is 2.29. The zero-order chi connectivity index (χ0) is 11.5. The minimum Gasteiger partial charge on any atom is -0.481 e.